The molecule has 0 saturated carbocycles. The summed E-state index contributed by atoms with van der Waals surface area (Å²) in [7, 11) is 0. The Kier molecular flexibility index (Phi) is 3.98. The molecule has 2 rings (SSSR count). The van der Waals surface area contributed by atoms with Gasteiger partial charge in [0.15, 0.2) is 23.3 Å². The molecule has 0 fully saturated rings. The molecule has 0 N–H and O–H groups in total. The molecule has 0 amide bonds. The van der Waals surface area contributed by atoms with Crippen molar-refractivity contribution in [1.82, 2.24) is 9.97 Å². The molecule has 1 aromatic heterocycles. The maximum absolute atomic E-state index is 13.1. The van der Waals surface area contributed by atoms with Gasteiger partial charge in [-0.2, -0.15) is 0 Å². The van der Waals surface area contributed by atoms with Crippen molar-refractivity contribution in [1.29, 1.82) is 0 Å². The normalized spacial score (nSPS) is 10.8. The summed E-state index contributed by atoms with van der Waals surface area (Å²) in [6.07, 6.45) is 0. The summed E-state index contributed by atoms with van der Waals surface area (Å²) in [4.78, 5) is 7.64. The van der Waals surface area contributed by atoms with Crippen LogP contribution in [0.1, 0.15) is 0 Å². The molecule has 8 heteroatoms. The van der Waals surface area contributed by atoms with Gasteiger partial charge in [0.2, 0.25) is 0 Å². The summed E-state index contributed by atoms with van der Waals surface area (Å²) >= 11 is 13.4. The van der Waals surface area contributed by atoms with Gasteiger partial charge in [-0.1, -0.05) is 23.2 Å². The summed E-state index contributed by atoms with van der Waals surface area (Å²) < 4.78 is 39.4. The summed E-state index contributed by atoms with van der Waals surface area (Å²) in [5.74, 6) is -4.30. The highest BCUT2D eigenvalue weighted by Gasteiger charge is 2.15. The summed E-state index contributed by atoms with van der Waals surface area (Å²) in [6, 6.07) is 1.54. The first-order valence-electron chi connectivity index (χ1n) is 4.43. The molecule has 2 aromatic rings. The Balaban J connectivity index is 2.63. The van der Waals surface area contributed by atoms with Gasteiger partial charge in [-0.3, -0.25) is 0 Å². The summed E-state index contributed by atoms with van der Waals surface area (Å²) in [5.41, 5.74) is -0.0494. The first kappa shape index (κ1) is 13.8. The van der Waals surface area contributed by atoms with E-state index in [0.717, 1.165) is 12.1 Å². The van der Waals surface area contributed by atoms with E-state index in [1.54, 1.807) is 0 Å². The van der Waals surface area contributed by atoms with Crippen LogP contribution >= 0.6 is 45.8 Å². The average Bonchev–Trinajstić information content (AvgIpc) is 2.31. The van der Waals surface area contributed by atoms with Gasteiger partial charge in [0.05, 0.1) is 3.57 Å². The quantitative estimate of drug-likeness (QED) is 0.398. The molecule has 18 heavy (non-hydrogen) atoms. The fourth-order valence-corrected chi connectivity index (χ4v) is 1.84. The van der Waals surface area contributed by atoms with Crippen LogP contribution < -0.4 is 0 Å². The van der Waals surface area contributed by atoms with E-state index in [-0.39, 0.29) is 21.7 Å². The molecular formula is C10H2Cl2F3IN2. The van der Waals surface area contributed by atoms with E-state index < -0.39 is 17.5 Å². The van der Waals surface area contributed by atoms with Gasteiger partial charge < -0.3 is 0 Å². The van der Waals surface area contributed by atoms with E-state index in [1.165, 1.54) is 0 Å². The van der Waals surface area contributed by atoms with E-state index in [2.05, 4.69) is 9.97 Å². The number of halogens is 6. The second-order valence-corrected chi connectivity index (χ2v) is 4.99. The third-order valence-corrected chi connectivity index (χ3v) is 4.22. The van der Waals surface area contributed by atoms with Gasteiger partial charge >= 0.3 is 0 Å². The lowest BCUT2D eigenvalue weighted by Crippen LogP contribution is -1.97. The number of nitrogens with zero attached hydrogens (tertiary/aromatic N) is 2. The van der Waals surface area contributed by atoms with Gasteiger partial charge in [0, 0.05) is 5.56 Å². The van der Waals surface area contributed by atoms with Gasteiger partial charge in [-0.25, -0.2) is 23.1 Å². The molecule has 0 atom stereocenters. The minimum atomic E-state index is -1.55. The Morgan fingerprint density at radius 3 is 1.83 bits per heavy atom. The molecule has 0 aliphatic heterocycles. The van der Waals surface area contributed by atoms with Crippen LogP contribution in [0.3, 0.4) is 0 Å². The Labute approximate surface area is 123 Å². The molecular weight excluding hydrogens is 403 g/mol. The van der Waals surface area contributed by atoms with Crippen molar-refractivity contribution in [2.75, 3.05) is 0 Å². The molecule has 0 aliphatic rings. The predicted molar refractivity (Wildman–Crippen MR) is 70.1 cm³/mol. The van der Waals surface area contributed by atoms with Crippen molar-refractivity contribution < 1.29 is 13.2 Å². The predicted octanol–water partition coefficient (Wildman–Crippen LogP) is 4.47. The minimum absolute atomic E-state index is 0.0494. The van der Waals surface area contributed by atoms with E-state index in [9.17, 15) is 13.2 Å². The highest BCUT2D eigenvalue weighted by atomic mass is 127. The Morgan fingerprint density at radius 2 is 1.39 bits per heavy atom. The molecule has 94 valence electrons. The standard InChI is InChI=1S/C10H2Cl2F3IN2/c11-8-7(16)9(12)18-10(17-8)3-1-4(13)6(15)5(14)2-3/h1-2H. The van der Waals surface area contributed by atoms with E-state index in [4.69, 9.17) is 23.2 Å². The topological polar surface area (TPSA) is 25.8 Å². The van der Waals surface area contributed by atoms with Crippen LogP contribution in [0.15, 0.2) is 12.1 Å². The fraction of sp³-hybridized carbons (Fsp3) is 0. The van der Waals surface area contributed by atoms with Crippen molar-refractivity contribution in [2.45, 2.75) is 0 Å². The van der Waals surface area contributed by atoms with E-state index in [0.29, 0.717) is 3.57 Å². The Morgan fingerprint density at radius 1 is 0.944 bits per heavy atom. The van der Waals surface area contributed by atoms with Crippen molar-refractivity contribution in [3.8, 4) is 11.4 Å². The Hall–Kier alpha value is -0.600. The van der Waals surface area contributed by atoms with Crippen molar-refractivity contribution in [3.63, 3.8) is 0 Å². The van der Waals surface area contributed by atoms with Crippen molar-refractivity contribution >= 4 is 45.8 Å². The highest BCUT2D eigenvalue weighted by Crippen LogP contribution is 2.28. The van der Waals surface area contributed by atoms with Crippen molar-refractivity contribution in [3.05, 3.63) is 43.5 Å². The molecule has 0 unspecified atom stereocenters. The lowest BCUT2D eigenvalue weighted by Gasteiger charge is -2.05. The van der Waals surface area contributed by atoms with Crippen LogP contribution in [-0.4, -0.2) is 9.97 Å². The first-order chi connectivity index (χ1) is 8.40. The zero-order valence-corrected chi connectivity index (χ0v) is 12.0. The third-order valence-electron chi connectivity index (χ3n) is 2.01. The second-order valence-electron chi connectivity index (χ2n) is 3.20. The van der Waals surface area contributed by atoms with Gasteiger partial charge in [0.25, 0.3) is 0 Å². The van der Waals surface area contributed by atoms with Gasteiger partial charge in [0.1, 0.15) is 10.3 Å². The van der Waals surface area contributed by atoms with Gasteiger partial charge in [-0.05, 0) is 34.7 Å². The average molecular weight is 405 g/mol. The zero-order valence-electron chi connectivity index (χ0n) is 8.32. The summed E-state index contributed by atoms with van der Waals surface area (Å²) in [6.45, 7) is 0. The molecule has 1 aromatic carbocycles. The van der Waals surface area contributed by atoms with E-state index in [1.807, 2.05) is 22.6 Å². The highest BCUT2D eigenvalue weighted by molar-refractivity contribution is 14.1. The smallest absolute Gasteiger partial charge is 0.194 e. The molecule has 0 spiro atoms. The van der Waals surface area contributed by atoms with Crippen LogP contribution in [0.25, 0.3) is 11.4 Å². The SMILES string of the molecule is Fc1cc(-c2nc(Cl)c(I)c(Cl)n2)cc(F)c1F. The molecule has 0 bridgehead atoms. The number of hydrogen-bond acceptors (Lipinski definition) is 2. The van der Waals surface area contributed by atoms with Gasteiger partial charge in [-0.15, -0.1) is 0 Å². The lowest BCUT2D eigenvalue weighted by molar-refractivity contribution is 0.447. The minimum Gasteiger partial charge on any atom is -0.215 e. The number of aromatic nitrogens is 2. The third kappa shape index (κ3) is 2.55. The molecule has 0 saturated heterocycles. The van der Waals surface area contributed by atoms with Crippen LogP contribution in [0.5, 0.6) is 0 Å². The zero-order chi connectivity index (χ0) is 13.4. The number of hydrogen-bond donors (Lipinski definition) is 0. The second kappa shape index (κ2) is 5.18. The largest absolute Gasteiger partial charge is 0.215 e. The lowest BCUT2D eigenvalue weighted by atomic mass is 10.2. The maximum atomic E-state index is 13.1. The van der Waals surface area contributed by atoms with Crippen LogP contribution in [-0.2, 0) is 0 Å². The maximum Gasteiger partial charge on any atom is 0.194 e. The van der Waals surface area contributed by atoms with Crippen LogP contribution in [0, 0.1) is 21.0 Å². The molecule has 1 heterocycles. The molecule has 0 aliphatic carbocycles. The molecule has 0 radical (unpaired) electrons. The fourth-order valence-electron chi connectivity index (χ4n) is 1.21. The van der Waals surface area contributed by atoms with Crippen LogP contribution in [0.4, 0.5) is 13.2 Å². The number of benzene rings is 1. The Bertz CT molecular complexity index is 535. The monoisotopic (exact) mass is 404 g/mol. The molecule has 2 nitrogen and oxygen atoms in total. The van der Waals surface area contributed by atoms with Crippen LogP contribution in [0.2, 0.25) is 10.3 Å². The first-order valence-corrected chi connectivity index (χ1v) is 6.27. The number of rotatable bonds is 1. The van der Waals surface area contributed by atoms with E-state index >= 15 is 0 Å². The summed E-state index contributed by atoms with van der Waals surface area (Å²) in [5, 5.41) is 0.103. The van der Waals surface area contributed by atoms with Crippen molar-refractivity contribution in [2.24, 2.45) is 0 Å².